The number of halogens is 6. The fourth-order valence-electron chi connectivity index (χ4n) is 4.64. The topological polar surface area (TPSA) is 17.8 Å². The molecule has 36 heavy (non-hydrogen) atoms. The van der Waals surface area contributed by atoms with Crippen molar-refractivity contribution in [2.75, 3.05) is 0 Å². The van der Waals surface area contributed by atoms with E-state index in [9.17, 15) is 17.6 Å². The van der Waals surface area contributed by atoms with Crippen LogP contribution in [0.1, 0.15) is 46.8 Å². The monoisotopic (exact) mass is 550 g/mol. The molecule has 0 saturated heterocycles. The zero-order valence-electron chi connectivity index (χ0n) is 19.1. The van der Waals surface area contributed by atoms with Crippen molar-refractivity contribution in [1.82, 2.24) is 9.55 Å². The summed E-state index contributed by atoms with van der Waals surface area (Å²) in [5, 5.41) is 1.34. The summed E-state index contributed by atoms with van der Waals surface area (Å²) in [6.07, 6.45) is 2.33. The molecular formula is C27H20Cl2F4N2S. The number of fused-ring (bicyclic) bond motifs is 1. The van der Waals surface area contributed by atoms with Crippen molar-refractivity contribution in [2.45, 2.75) is 43.0 Å². The lowest BCUT2D eigenvalue weighted by atomic mass is 9.83. The van der Waals surface area contributed by atoms with E-state index in [1.165, 1.54) is 23.9 Å². The molecule has 1 atom stereocenters. The number of aryl methyl sites for hydroxylation is 2. The van der Waals surface area contributed by atoms with Crippen LogP contribution in [0.3, 0.4) is 0 Å². The van der Waals surface area contributed by atoms with E-state index in [0.717, 1.165) is 47.5 Å². The summed E-state index contributed by atoms with van der Waals surface area (Å²) < 4.78 is 58.6. The average molecular weight is 551 g/mol. The van der Waals surface area contributed by atoms with E-state index in [0.29, 0.717) is 22.2 Å². The van der Waals surface area contributed by atoms with Gasteiger partial charge >= 0.3 is 0 Å². The molecule has 3 aromatic carbocycles. The highest BCUT2D eigenvalue weighted by Crippen LogP contribution is 2.42. The number of thioether (sulfide) groups is 1. The SMILES string of the molecule is Cc1cc(C2CCCc3nc(SCc4c(F)cccc4Cl)n(-c4cc(F)c(F)c(F)c4)c32)ccc1Cl. The third-order valence-corrected chi connectivity index (χ3v) is 8.16. The normalized spacial score (nSPS) is 15.2. The predicted octanol–water partition coefficient (Wildman–Crippen LogP) is 8.80. The molecule has 1 heterocycles. The second-order valence-corrected chi connectivity index (χ2v) is 10.5. The highest BCUT2D eigenvalue weighted by atomic mass is 35.5. The molecule has 0 N–H and O–H groups in total. The van der Waals surface area contributed by atoms with Crippen LogP contribution >= 0.6 is 35.0 Å². The van der Waals surface area contributed by atoms with Gasteiger partial charge in [0.1, 0.15) is 5.82 Å². The lowest BCUT2D eigenvalue weighted by Crippen LogP contribution is -2.16. The quantitative estimate of drug-likeness (QED) is 0.140. The van der Waals surface area contributed by atoms with Crippen molar-refractivity contribution in [3.63, 3.8) is 0 Å². The van der Waals surface area contributed by atoms with Crippen LogP contribution in [0.4, 0.5) is 17.6 Å². The molecule has 0 amide bonds. The van der Waals surface area contributed by atoms with Gasteiger partial charge in [0, 0.05) is 39.4 Å². The van der Waals surface area contributed by atoms with Gasteiger partial charge in [-0.2, -0.15) is 0 Å². The number of hydrogen-bond acceptors (Lipinski definition) is 2. The zero-order chi connectivity index (χ0) is 25.6. The van der Waals surface area contributed by atoms with Gasteiger partial charge < -0.3 is 0 Å². The van der Waals surface area contributed by atoms with Gasteiger partial charge in [0.25, 0.3) is 0 Å². The number of benzene rings is 3. The van der Waals surface area contributed by atoms with Crippen molar-refractivity contribution in [1.29, 1.82) is 0 Å². The van der Waals surface area contributed by atoms with Crippen LogP contribution in [0.25, 0.3) is 5.69 Å². The first-order valence-electron chi connectivity index (χ1n) is 11.3. The predicted molar refractivity (Wildman–Crippen MR) is 135 cm³/mol. The first kappa shape index (κ1) is 25.2. The van der Waals surface area contributed by atoms with Crippen molar-refractivity contribution in [2.24, 2.45) is 0 Å². The molecule has 4 aromatic rings. The fourth-order valence-corrected chi connectivity index (χ4v) is 6.14. The fraction of sp³-hybridized carbons (Fsp3) is 0.222. The molecule has 1 aliphatic rings. The molecule has 1 aliphatic carbocycles. The standard InChI is InChI=1S/C27H20Cl2F4N2S/c1-14-10-15(8-9-19(14)28)17-4-2-7-24-26(17)35(16-11-22(31)25(33)23(32)12-16)27(34-24)36-13-18-20(29)5-3-6-21(18)30/h3,5-6,8-12,17H,2,4,7,13H2,1H3. The maximum atomic E-state index is 14.4. The Kier molecular flexibility index (Phi) is 7.07. The summed E-state index contributed by atoms with van der Waals surface area (Å²) in [7, 11) is 0. The van der Waals surface area contributed by atoms with Gasteiger partial charge in [0.05, 0.1) is 17.1 Å². The lowest BCUT2D eigenvalue weighted by Gasteiger charge is -2.26. The molecule has 0 spiro atoms. The van der Waals surface area contributed by atoms with Gasteiger partial charge in [-0.25, -0.2) is 22.5 Å². The first-order chi connectivity index (χ1) is 17.2. The molecule has 2 nitrogen and oxygen atoms in total. The molecular weight excluding hydrogens is 531 g/mol. The van der Waals surface area contributed by atoms with Crippen LogP contribution in [-0.2, 0) is 12.2 Å². The molecule has 5 rings (SSSR count). The number of nitrogens with zero attached hydrogens (tertiary/aromatic N) is 2. The van der Waals surface area contributed by atoms with Gasteiger partial charge in [-0.05, 0) is 55.5 Å². The van der Waals surface area contributed by atoms with Crippen LogP contribution in [0.2, 0.25) is 10.0 Å². The summed E-state index contributed by atoms with van der Waals surface area (Å²) in [6, 6.07) is 12.1. The van der Waals surface area contributed by atoms with Crippen molar-refractivity contribution in [3.05, 3.63) is 110 Å². The molecule has 1 unspecified atom stereocenters. The minimum Gasteiger partial charge on any atom is -0.291 e. The van der Waals surface area contributed by atoms with Crippen molar-refractivity contribution < 1.29 is 17.6 Å². The largest absolute Gasteiger partial charge is 0.291 e. The van der Waals surface area contributed by atoms with Crippen LogP contribution in [0.5, 0.6) is 0 Å². The molecule has 186 valence electrons. The van der Waals surface area contributed by atoms with Crippen LogP contribution in [0.15, 0.2) is 53.7 Å². The number of imidazole rings is 1. The summed E-state index contributed by atoms with van der Waals surface area (Å²) in [5.41, 5.74) is 3.88. The van der Waals surface area contributed by atoms with Gasteiger partial charge in [0.15, 0.2) is 22.6 Å². The Hall–Kier alpha value is -2.48. The minimum absolute atomic E-state index is 0.111. The Labute approximate surface area is 220 Å². The summed E-state index contributed by atoms with van der Waals surface area (Å²) in [5.74, 6) is -4.56. The maximum absolute atomic E-state index is 14.4. The van der Waals surface area contributed by atoms with Crippen LogP contribution < -0.4 is 0 Å². The van der Waals surface area contributed by atoms with E-state index < -0.39 is 23.3 Å². The molecule has 1 aromatic heterocycles. The Balaban J connectivity index is 1.67. The average Bonchev–Trinajstić information content (AvgIpc) is 3.22. The smallest absolute Gasteiger partial charge is 0.194 e. The number of hydrogen-bond donors (Lipinski definition) is 0. The summed E-state index contributed by atoms with van der Waals surface area (Å²) in [6.45, 7) is 1.91. The van der Waals surface area contributed by atoms with E-state index in [-0.39, 0.29) is 22.4 Å². The van der Waals surface area contributed by atoms with E-state index >= 15 is 0 Å². The van der Waals surface area contributed by atoms with E-state index in [1.54, 1.807) is 10.6 Å². The minimum atomic E-state index is -1.54. The second-order valence-electron chi connectivity index (χ2n) is 8.73. The second kappa shape index (κ2) is 10.1. The molecule has 0 bridgehead atoms. The molecule has 9 heteroatoms. The van der Waals surface area contributed by atoms with E-state index in [4.69, 9.17) is 28.2 Å². The van der Waals surface area contributed by atoms with E-state index in [1.807, 2.05) is 25.1 Å². The Bertz CT molecular complexity index is 1430. The van der Waals surface area contributed by atoms with Crippen LogP contribution in [-0.4, -0.2) is 9.55 Å². The Morgan fingerprint density at radius 3 is 2.42 bits per heavy atom. The van der Waals surface area contributed by atoms with E-state index in [2.05, 4.69) is 0 Å². The third-order valence-electron chi connectivity index (χ3n) is 6.41. The van der Waals surface area contributed by atoms with Gasteiger partial charge in [-0.15, -0.1) is 0 Å². The highest BCUT2D eigenvalue weighted by Gasteiger charge is 2.31. The maximum Gasteiger partial charge on any atom is 0.194 e. The first-order valence-corrected chi connectivity index (χ1v) is 13.1. The Morgan fingerprint density at radius 2 is 1.72 bits per heavy atom. The zero-order valence-corrected chi connectivity index (χ0v) is 21.4. The van der Waals surface area contributed by atoms with Gasteiger partial charge in [-0.1, -0.05) is 53.2 Å². The lowest BCUT2D eigenvalue weighted by molar-refractivity contribution is 0.445. The molecule has 0 radical (unpaired) electrons. The third kappa shape index (κ3) is 4.64. The number of aromatic nitrogens is 2. The summed E-state index contributed by atoms with van der Waals surface area (Å²) >= 11 is 13.7. The van der Waals surface area contributed by atoms with Gasteiger partial charge in [0.2, 0.25) is 0 Å². The number of rotatable bonds is 5. The molecule has 0 fully saturated rings. The Morgan fingerprint density at radius 1 is 0.972 bits per heavy atom. The molecule has 0 saturated carbocycles. The van der Waals surface area contributed by atoms with Crippen LogP contribution in [0, 0.1) is 30.2 Å². The van der Waals surface area contributed by atoms with Crippen molar-refractivity contribution in [3.8, 4) is 5.69 Å². The summed E-state index contributed by atoms with van der Waals surface area (Å²) in [4.78, 5) is 4.79. The van der Waals surface area contributed by atoms with Crippen molar-refractivity contribution >= 4 is 35.0 Å². The highest BCUT2D eigenvalue weighted by molar-refractivity contribution is 7.98. The van der Waals surface area contributed by atoms with Gasteiger partial charge in [-0.3, -0.25) is 4.57 Å². The molecule has 0 aliphatic heterocycles.